The van der Waals surface area contributed by atoms with Gasteiger partial charge >= 0.3 is 5.97 Å². The molecule has 4 heterocycles. The normalized spacial score (nSPS) is 17.2. The molecule has 1 aliphatic heterocycles. The number of benzene rings is 1. The van der Waals surface area contributed by atoms with Crippen LogP contribution in [-0.4, -0.2) is 57.0 Å². The minimum absolute atomic E-state index is 0.00924. The monoisotopic (exact) mass is 588 g/mol. The summed E-state index contributed by atoms with van der Waals surface area (Å²) in [4.78, 5) is 29.5. The van der Waals surface area contributed by atoms with E-state index in [9.17, 15) is 9.59 Å². The first-order chi connectivity index (χ1) is 20.0. The number of nitrogens with one attached hydrogen (secondary N) is 1. The summed E-state index contributed by atoms with van der Waals surface area (Å²) in [5.74, 6) is -0.118. The van der Waals surface area contributed by atoms with Crippen LogP contribution in [-0.2, 0) is 48.4 Å². The summed E-state index contributed by atoms with van der Waals surface area (Å²) in [6.45, 7) is 11.5. The van der Waals surface area contributed by atoms with Crippen molar-refractivity contribution in [2.45, 2.75) is 73.0 Å². The number of nitrogens with zero attached hydrogens (tertiary/aromatic N) is 5. The molecule has 0 saturated carbocycles. The molecule has 222 valence electrons. The number of aromatic nitrogens is 4. The molecule has 0 radical (unpaired) electrons. The van der Waals surface area contributed by atoms with Gasteiger partial charge in [-0.05, 0) is 67.8 Å². The van der Waals surface area contributed by atoms with Crippen molar-refractivity contribution in [1.29, 1.82) is 0 Å². The molecule has 2 aliphatic rings. The van der Waals surface area contributed by atoms with Crippen molar-refractivity contribution in [3.05, 3.63) is 62.9 Å². The quantitative estimate of drug-likeness (QED) is 0.311. The number of likely N-dealkylation sites (N-methyl/N-ethyl adjacent to an activating group) is 1. The summed E-state index contributed by atoms with van der Waals surface area (Å²) in [6, 6.07) is 6.63. The molecule has 1 aromatic carbocycles. The van der Waals surface area contributed by atoms with E-state index in [1.54, 1.807) is 4.68 Å². The number of anilines is 1. The number of carbonyl (C=O) groups is 2. The summed E-state index contributed by atoms with van der Waals surface area (Å²) in [7, 11) is 3.56. The van der Waals surface area contributed by atoms with Crippen LogP contribution in [0.1, 0.15) is 70.5 Å². The molecule has 1 aliphatic carbocycles. The van der Waals surface area contributed by atoms with Crippen molar-refractivity contribution in [2.24, 2.45) is 11.3 Å². The second-order valence-corrected chi connectivity index (χ2v) is 14.1. The Hall–Kier alpha value is -3.50. The number of hydrogen-bond acceptors (Lipinski definition) is 7. The Kier molecular flexibility index (Phi) is 7.47. The molecule has 9 nitrogen and oxygen atoms in total. The van der Waals surface area contributed by atoms with Crippen molar-refractivity contribution in [3.63, 3.8) is 0 Å². The molecule has 3 aromatic heterocycles. The molecule has 1 amide bonds. The Morgan fingerprint density at radius 1 is 1.19 bits per heavy atom. The van der Waals surface area contributed by atoms with Gasteiger partial charge in [0, 0.05) is 41.0 Å². The van der Waals surface area contributed by atoms with Crippen LogP contribution in [0.5, 0.6) is 0 Å². The largest absolute Gasteiger partial charge is 0.465 e. The lowest BCUT2D eigenvalue weighted by atomic mass is 9.72. The van der Waals surface area contributed by atoms with Crippen molar-refractivity contribution < 1.29 is 14.3 Å². The summed E-state index contributed by atoms with van der Waals surface area (Å²) < 4.78 is 9.04. The van der Waals surface area contributed by atoms with Gasteiger partial charge in [-0.15, -0.1) is 16.4 Å². The van der Waals surface area contributed by atoms with Crippen molar-refractivity contribution in [2.75, 3.05) is 26.0 Å². The van der Waals surface area contributed by atoms with Crippen molar-refractivity contribution >= 4 is 39.1 Å². The Morgan fingerprint density at radius 3 is 2.76 bits per heavy atom. The SMILES string of the molecule is COC(=O)c1c(NC(=O)Cn2cc(Cn3c4c(c5cc(C)ccc53)CN(C)CC4)nn2)sc2c1CCC(C(C)(C)C)C2. The van der Waals surface area contributed by atoms with Gasteiger partial charge in [-0.3, -0.25) is 4.79 Å². The van der Waals surface area contributed by atoms with E-state index in [1.165, 1.54) is 51.0 Å². The summed E-state index contributed by atoms with van der Waals surface area (Å²) in [5.41, 5.74) is 7.72. The van der Waals surface area contributed by atoms with Gasteiger partial charge in [0.05, 0.1) is 25.4 Å². The maximum absolute atomic E-state index is 13.2. The van der Waals surface area contributed by atoms with E-state index in [4.69, 9.17) is 4.74 Å². The van der Waals surface area contributed by atoms with Gasteiger partial charge in [-0.1, -0.05) is 37.6 Å². The second kappa shape index (κ2) is 11.0. The van der Waals surface area contributed by atoms with Crippen LogP contribution < -0.4 is 5.32 Å². The zero-order valence-corrected chi connectivity index (χ0v) is 26.2. The molecule has 10 heteroatoms. The van der Waals surface area contributed by atoms with Gasteiger partial charge in [0.2, 0.25) is 5.91 Å². The zero-order chi connectivity index (χ0) is 29.8. The first-order valence-corrected chi connectivity index (χ1v) is 15.5. The third-order valence-electron chi connectivity index (χ3n) is 8.94. The molecule has 0 spiro atoms. The van der Waals surface area contributed by atoms with Crippen LogP contribution in [0.4, 0.5) is 5.00 Å². The smallest absolute Gasteiger partial charge is 0.341 e. The lowest BCUT2D eigenvalue weighted by Gasteiger charge is -2.33. The lowest BCUT2D eigenvalue weighted by Crippen LogP contribution is -2.27. The molecular formula is C32H40N6O3S. The zero-order valence-electron chi connectivity index (χ0n) is 25.4. The number of ether oxygens (including phenoxy) is 1. The highest BCUT2D eigenvalue weighted by Gasteiger charge is 2.34. The van der Waals surface area contributed by atoms with Crippen LogP contribution in [0.2, 0.25) is 0 Å². The number of carbonyl (C=O) groups excluding carboxylic acids is 2. The van der Waals surface area contributed by atoms with Crippen molar-refractivity contribution in [1.82, 2.24) is 24.5 Å². The first kappa shape index (κ1) is 28.6. The highest BCUT2D eigenvalue weighted by Crippen LogP contribution is 2.44. The van der Waals surface area contributed by atoms with E-state index < -0.39 is 5.97 Å². The fourth-order valence-corrected chi connectivity index (χ4v) is 7.91. The van der Waals surface area contributed by atoms with Crippen LogP contribution in [0.25, 0.3) is 10.9 Å². The number of methoxy groups -OCH3 is 1. The van der Waals surface area contributed by atoms with Crippen LogP contribution in [0.15, 0.2) is 24.4 Å². The molecule has 6 rings (SSSR count). The van der Waals surface area contributed by atoms with E-state index in [0.29, 0.717) is 23.0 Å². The second-order valence-electron chi connectivity index (χ2n) is 13.0. The number of thiophene rings is 1. The van der Waals surface area contributed by atoms with Crippen molar-refractivity contribution in [3.8, 4) is 0 Å². The Labute approximate surface area is 250 Å². The minimum atomic E-state index is -0.399. The Balaban J connectivity index is 1.20. The summed E-state index contributed by atoms with van der Waals surface area (Å²) in [6.07, 6.45) is 5.57. The Bertz CT molecular complexity index is 1670. The molecule has 1 N–H and O–H groups in total. The number of aryl methyl sites for hydroxylation is 1. The van der Waals surface area contributed by atoms with E-state index in [0.717, 1.165) is 50.0 Å². The average molecular weight is 589 g/mol. The molecule has 4 aromatic rings. The number of esters is 1. The Morgan fingerprint density at radius 2 is 2.00 bits per heavy atom. The van der Waals surface area contributed by atoms with Crippen LogP contribution >= 0.6 is 11.3 Å². The highest BCUT2D eigenvalue weighted by molar-refractivity contribution is 7.17. The fourth-order valence-electron chi connectivity index (χ4n) is 6.57. The van der Waals surface area contributed by atoms with E-state index in [-0.39, 0.29) is 17.9 Å². The maximum Gasteiger partial charge on any atom is 0.341 e. The number of amides is 1. The molecular weight excluding hydrogens is 548 g/mol. The van der Waals surface area contributed by atoms with Gasteiger partial charge in [0.25, 0.3) is 0 Å². The summed E-state index contributed by atoms with van der Waals surface area (Å²) >= 11 is 1.50. The van der Waals surface area contributed by atoms with Gasteiger partial charge < -0.3 is 19.5 Å². The van der Waals surface area contributed by atoms with E-state index in [1.807, 2.05) is 6.20 Å². The minimum Gasteiger partial charge on any atom is -0.465 e. The van der Waals surface area contributed by atoms with Gasteiger partial charge in [-0.25, -0.2) is 9.48 Å². The number of hydrogen-bond donors (Lipinski definition) is 1. The molecule has 42 heavy (non-hydrogen) atoms. The first-order valence-electron chi connectivity index (χ1n) is 14.7. The number of rotatable bonds is 6. The summed E-state index contributed by atoms with van der Waals surface area (Å²) in [5, 5.41) is 13.5. The van der Waals surface area contributed by atoms with Crippen LogP contribution in [0, 0.1) is 18.3 Å². The predicted octanol–water partition coefficient (Wildman–Crippen LogP) is 5.22. The highest BCUT2D eigenvalue weighted by atomic mass is 32.1. The topological polar surface area (TPSA) is 94.3 Å². The molecule has 1 atom stereocenters. The molecule has 0 fully saturated rings. The van der Waals surface area contributed by atoms with E-state index >= 15 is 0 Å². The lowest BCUT2D eigenvalue weighted by molar-refractivity contribution is -0.116. The average Bonchev–Trinajstić information content (AvgIpc) is 3.61. The fraction of sp³-hybridized carbons (Fsp3) is 0.500. The number of fused-ring (bicyclic) bond motifs is 4. The standard InChI is InChI=1S/C32H40N6O3S/c1-19-7-10-25-23(13-19)24-17-36(5)12-11-26(24)38(25)16-21-15-37(35-34-21)18-28(39)33-30-29(31(40)41-6)22-9-8-20(32(2,3)4)14-27(22)42-30/h7,10,13,15,20H,8-9,11-12,14,16-18H2,1-6H3,(H,33,39). The third kappa shape index (κ3) is 5.38. The van der Waals surface area contributed by atoms with Gasteiger partial charge in [0.1, 0.15) is 17.2 Å². The molecule has 1 unspecified atom stereocenters. The van der Waals surface area contributed by atoms with Crippen LogP contribution in [0.3, 0.4) is 0 Å². The van der Waals surface area contributed by atoms with E-state index in [2.05, 4.69) is 78.0 Å². The predicted molar refractivity (Wildman–Crippen MR) is 165 cm³/mol. The van der Waals surface area contributed by atoms with Gasteiger partial charge in [-0.2, -0.15) is 0 Å². The maximum atomic E-state index is 13.2. The molecule has 0 saturated heterocycles. The van der Waals surface area contributed by atoms with Gasteiger partial charge in [0.15, 0.2) is 0 Å². The third-order valence-corrected chi connectivity index (χ3v) is 10.1. The molecule has 0 bridgehead atoms.